The second-order valence-corrected chi connectivity index (χ2v) is 4.50. The van der Waals surface area contributed by atoms with Crippen LogP contribution in [0, 0.1) is 11.7 Å². The molecule has 1 atom stereocenters. The van der Waals surface area contributed by atoms with Gasteiger partial charge in [-0.05, 0) is 36.1 Å². The summed E-state index contributed by atoms with van der Waals surface area (Å²) >= 11 is 3.31. The van der Waals surface area contributed by atoms with Crippen molar-refractivity contribution in [1.82, 2.24) is 0 Å². The summed E-state index contributed by atoms with van der Waals surface area (Å²) in [5, 5.41) is 8.60. The lowest BCUT2D eigenvalue weighted by Crippen LogP contribution is -2.07. The predicted molar refractivity (Wildman–Crippen MR) is 59.2 cm³/mol. The van der Waals surface area contributed by atoms with Crippen LogP contribution in [0.3, 0.4) is 0 Å². The van der Waals surface area contributed by atoms with Gasteiger partial charge in [0.15, 0.2) is 0 Å². The van der Waals surface area contributed by atoms with Gasteiger partial charge in [-0.15, -0.1) is 0 Å². The van der Waals surface area contributed by atoms with E-state index in [4.69, 9.17) is 5.11 Å². The summed E-state index contributed by atoms with van der Waals surface area (Å²) in [5.41, 5.74) is 0.809. The Morgan fingerprint density at radius 1 is 1.60 bits per heavy atom. The third kappa shape index (κ3) is 4.00. The summed E-state index contributed by atoms with van der Waals surface area (Å²) in [4.78, 5) is 10.5. The minimum atomic E-state index is -0.824. The van der Waals surface area contributed by atoms with E-state index in [0.717, 1.165) is 10.0 Å². The molecule has 1 aromatic carbocycles. The minimum Gasteiger partial charge on any atom is -0.481 e. The van der Waals surface area contributed by atoms with Gasteiger partial charge < -0.3 is 5.11 Å². The van der Waals surface area contributed by atoms with Crippen molar-refractivity contribution < 1.29 is 14.3 Å². The monoisotopic (exact) mass is 274 g/mol. The van der Waals surface area contributed by atoms with E-state index in [2.05, 4.69) is 15.9 Å². The first-order valence-corrected chi connectivity index (χ1v) is 5.44. The highest BCUT2D eigenvalue weighted by Crippen LogP contribution is 2.22. The van der Waals surface area contributed by atoms with Crippen LogP contribution in [0.15, 0.2) is 22.7 Å². The molecule has 1 aromatic rings. The molecule has 0 heterocycles. The highest BCUT2D eigenvalue weighted by Gasteiger charge is 2.11. The minimum absolute atomic E-state index is 0.000556. The molecule has 0 aromatic heterocycles. The zero-order valence-electron chi connectivity index (χ0n) is 8.34. The van der Waals surface area contributed by atoms with Crippen molar-refractivity contribution in [2.75, 3.05) is 0 Å². The number of rotatable bonds is 4. The Morgan fingerprint density at radius 2 is 2.27 bits per heavy atom. The summed E-state index contributed by atoms with van der Waals surface area (Å²) in [7, 11) is 0. The number of carboxylic acids is 1. The molecule has 0 fully saturated rings. The first-order chi connectivity index (χ1) is 6.99. The molecule has 0 aliphatic carbocycles. The van der Waals surface area contributed by atoms with Crippen LogP contribution in [0.25, 0.3) is 0 Å². The number of benzene rings is 1. The van der Waals surface area contributed by atoms with Crippen molar-refractivity contribution in [2.24, 2.45) is 5.92 Å². The average Bonchev–Trinajstić information content (AvgIpc) is 2.10. The largest absolute Gasteiger partial charge is 0.481 e. The summed E-state index contributed by atoms with van der Waals surface area (Å²) in [6.07, 6.45) is 0.660. The fourth-order valence-corrected chi connectivity index (χ4v) is 1.85. The molecule has 0 amide bonds. The Balaban J connectivity index is 2.71. The number of halogens is 2. The average molecular weight is 275 g/mol. The van der Waals surface area contributed by atoms with Crippen molar-refractivity contribution in [3.05, 3.63) is 34.1 Å². The van der Waals surface area contributed by atoms with Crippen molar-refractivity contribution in [3.63, 3.8) is 0 Å². The van der Waals surface area contributed by atoms with E-state index in [1.54, 1.807) is 6.07 Å². The van der Waals surface area contributed by atoms with Crippen LogP contribution < -0.4 is 0 Å². The van der Waals surface area contributed by atoms with Gasteiger partial charge in [0.1, 0.15) is 5.82 Å². The second-order valence-electron chi connectivity index (χ2n) is 3.64. The molecule has 0 spiro atoms. The van der Waals surface area contributed by atoms with Gasteiger partial charge in [-0.1, -0.05) is 22.9 Å². The standard InChI is InChI=1S/C11H12BrFO2/c1-7(5-11(14)15)4-8-6-9(13)2-3-10(8)12/h2-3,6-7H,4-5H2,1H3,(H,14,15). The number of carboxylic acid groups (broad SMARTS) is 1. The van der Waals surface area contributed by atoms with Crippen LogP contribution in [0.4, 0.5) is 4.39 Å². The van der Waals surface area contributed by atoms with E-state index >= 15 is 0 Å². The molecule has 0 radical (unpaired) electrons. The normalized spacial score (nSPS) is 12.5. The van der Waals surface area contributed by atoms with Gasteiger partial charge in [-0.2, -0.15) is 0 Å². The lowest BCUT2D eigenvalue weighted by Gasteiger charge is -2.10. The van der Waals surface area contributed by atoms with Gasteiger partial charge in [0, 0.05) is 10.9 Å². The summed E-state index contributed by atoms with van der Waals surface area (Å²) in [6.45, 7) is 1.84. The Bertz CT molecular complexity index is 366. The third-order valence-electron chi connectivity index (χ3n) is 2.10. The second kappa shape index (κ2) is 5.26. The quantitative estimate of drug-likeness (QED) is 0.915. The molecule has 0 aliphatic rings. The Morgan fingerprint density at radius 3 is 2.87 bits per heavy atom. The van der Waals surface area contributed by atoms with Gasteiger partial charge in [0.2, 0.25) is 0 Å². The van der Waals surface area contributed by atoms with Gasteiger partial charge in [-0.25, -0.2) is 4.39 Å². The topological polar surface area (TPSA) is 37.3 Å². The van der Waals surface area contributed by atoms with E-state index in [9.17, 15) is 9.18 Å². The van der Waals surface area contributed by atoms with Gasteiger partial charge in [-0.3, -0.25) is 4.79 Å². The molecule has 1 N–H and O–H groups in total. The summed E-state index contributed by atoms with van der Waals surface area (Å²) in [6, 6.07) is 4.44. The van der Waals surface area contributed by atoms with Crippen molar-refractivity contribution in [1.29, 1.82) is 0 Å². The van der Waals surface area contributed by atoms with Crippen LogP contribution >= 0.6 is 15.9 Å². The lowest BCUT2D eigenvalue weighted by atomic mass is 9.98. The van der Waals surface area contributed by atoms with Gasteiger partial charge >= 0.3 is 5.97 Å². The van der Waals surface area contributed by atoms with Crippen molar-refractivity contribution >= 4 is 21.9 Å². The van der Waals surface area contributed by atoms with Crippen molar-refractivity contribution in [2.45, 2.75) is 19.8 Å². The van der Waals surface area contributed by atoms with E-state index in [1.165, 1.54) is 12.1 Å². The maximum absolute atomic E-state index is 12.9. The Labute approximate surface area is 96.2 Å². The zero-order valence-corrected chi connectivity index (χ0v) is 9.92. The maximum atomic E-state index is 12.9. The lowest BCUT2D eigenvalue weighted by molar-refractivity contribution is -0.137. The third-order valence-corrected chi connectivity index (χ3v) is 2.87. The van der Waals surface area contributed by atoms with Crippen LogP contribution in [-0.2, 0) is 11.2 Å². The number of hydrogen-bond acceptors (Lipinski definition) is 1. The van der Waals surface area contributed by atoms with Crippen LogP contribution in [0.2, 0.25) is 0 Å². The van der Waals surface area contributed by atoms with Gasteiger partial charge in [0.05, 0.1) is 0 Å². The number of aliphatic carboxylic acids is 1. The number of hydrogen-bond donors (Lipinski definition) is 1. The first-order valence-electron chi connectivity index (χ1n) is 4.64. The first kappa shape index (κ1) is 12.2. The van der Waals surface area contributed by atoms with E-state index in [0.29, 0.717) is 6.42 Å². The molecule has 0 saturated heterocycles. The van der Waals surface area contributed by atoms with Crippen molar-refractivity contribution in [3.8, 4) is 0 Å². The summed E-state index contributed by atoms with van der Waals surface area (Å²) < 4.78 is 13.7. The fourth-order valence-electron chi connectivity index (χ4n) is 1.45. The van der Waals surface area contributed by atoms with Gasteiger partial charge in [0.25, 0.3) is 0 Å². The Kier molecular flexibility index (Phi) is 4.27. The highest BCUT2D eigenvalue weighted by atomic mass is 79.9. The summed E-state index contributed by atoms with van der Waals surface area (Å²) in [5.74, 6) is -1.12. The van der Waals surface area contributed by atoms with Crippen LogP contribution in [0.1, 0.15) is 18.9 Å². The molecule has 0 saturated carbocycles. The molecule has 0 bridgehead atoms. The van der Waals surface area contributed by atoms with E-state index < -0.39 is 5.97 Å². The molecule has 15 heavy (non-hydrogen) atoms. The Hall–Kier alpha value is -0.900. The van der Waals surface area contributed by atoms with E-state index in [1.807, 2.05) is 6.92 Å². The highest BCUT2D eigenvalue weighted by molar-refractivity contribution is 9.10. The van der Waals surface area contributed by atoms with Crippen LogP contribution in [-0.4, -0.2) is 11.1 Å². The predicted octanol–water partition coefficient (Wildman–Crippen LogP) is 3.24. The molecule has 0 aliphatic heterocycles. The smallest absolute Gasteiger partial charge is 0.303 e. The van der Waals surface area contributed by atoms with Crippen LogP contribution in [0.5, 0.6) is 0 Å². The molecular weight excluding hydrogens is 263 g/mol. The zero-order chi connectivity index (χ0) is 11.4. The molecule has 1 rings (SSSR count). The molecular formula is C11H12BrFO2. The molecule has 82 valence electrons. The molecule has 1 unspecified atom stereocenters. The maximum Gasteiger partial charge on any atom is 0.303 e. The fraction of sp³-hybridized carbons (Fsp3) is 0.364. The molecule has 4 heteroatoms. The number of carbonyl (C=O) groups is 1. The van der Waals surface area contributed by atoms with E-state index in [-0.39, 0.29) is 18.2 Å². The SMILES string of the molecule is CC(CC(=O)O)Cc1cc(F)ccc1Br. The molecule has 2 nitrogen and oxygen atoms in total.